The molecule has 0 aliphatic rings. The van der Waals surface area contributed by atoms with Gasteiger partial charge in [0.25, 0.3) is 5.91 Å². The minimum absolute atomic E-state index is 0.151. The molecule has 0 bridgehead atoms. The first-order valence-corrected chi connectivity index (χ1v) is 7.04. The zero-order valence-corrected chi connectivity index (χ0v) is 12.9. The highest BCUT2D eigenvalue weighted by Gasteiger charge is 2.16. The van der Waals surface area contributed by atoms with Gasteiger partial charge in [-0.25, -0.2) is 9.18 Å². The van der Waals surface area contributed by atoms with Crippen molar-refractivity contribution in [1.29, 1.82) is 0 Å². The van der Waals surface area contributed by atoms with E-state index in [1.165, 1.54) is 36.2 Å². The van der Waals surface area contributed by atoms with Gasteiger partial charge in [-0.3, -0.25) is 4.79 Å². The van der Waals surface area contributed by atoms with E-state index in [-0.39, 0.29) is 23.7 Å². The number of nitrogens with zero attached hydrogens (tertiary/aromatic N) is 1. The molecule has 2 rings (SSSR count). The summed E-state index contributed by atoms with van der Waals surface area (Å²) in [5.74, 6) is -2.33. The van der Waals surface area contributed by atoms with Gasteiger partial charge in [-0.2, -0.15) is 0 Å². The van der Waals surface area contributed by atoms with Crippen molar-refractivity contribution in [2.45, 2.75) is 6.54 Å². The maximum atomic E-state index is 12.8. The van der Waals surface area contributed by atoms with Gasteiger partial charge >= 0.3 is 5.97 Å². The Morgan fingerprint density at radius 3 is 2.42 bits per heavy atom. The van der Waals surface area contributed by atoms with Crippen LogP contribution < -0.4 is 0 Å². The van der Waals surface area contributed by atoms with Crippen molar-refractivity contribution in [2.75, 3.05) is 13.7 Å². The van der Waals surface area contributed by atoms with E-state index in [0.717, 1.165) is 11.6 Å². The van der Waals surface area contributed by atoms with E-state index in [4.69, 9.17) is 4.74 Å². The lowest BCUT2D eigenvalue weighted by Gasteiger charge is -2.17. The summed E-state index contributed by atoms with van der Waals surface area (Å²) >= 11 is 0. The van der Waals surface area contributed by atoms with E-state index in [0.29, 0.717) is 0 Å². The van der Waals surface area contributed by atoms with E-state index >= 15 is 0 Å². The highest BCUT2D eigenvalue weighted by Crippen LogP contribution is 2.23. The second-order valence-electron chi connectivity index (χ2n) is 5.15. The minimum atomic E-state index is -0.879. The van der Waals surface area contributed by atoms with Gasteiger partial charge in [0.1, 0.15) is 22.9 Å². The summed E-state index contributed by atoms with van der Waals surface area (Å²) in [5, 5.41) is 18.7. The molecule has 24 heavy (non-hydrogen) atoms. The van der Waals surface area contributed by atoms with Crippen molar-refractivity contribution >= 4 is 11.9 Å². The number of phenolic OH excluding ortho intramolecular Hbond substituents is 2. The van der Waals surface area contributed by atoms with Gasteiger partial charge in [0.05, 0.1) is 0 Å². The molecular weight excluding hydrogens is 317 g/mol. The molecule has 0 atom stereocenters. The Bertz CT molecular complexity index is 745. The van der Waals surface area contributed by atoms with Gasteiger partial charge in [0.2, 0.25) is 0 Å². The summed E-state index contributed by atoms with van der Waals surface area (Å²) in [5.41, 5.74) is 0.580. The average molecular weight is 333 g/mol. The van der Waals surface area contributed by atoms with Crippen molar-refractivity contribution < 1.29 is 28.9 Å². The molecule has 2 aromatic carbocycles. The molecule has 6 nitrogen and oxygen atoms in total. The first kappa shape index (κ1) is 17.3. The standard InChI is InChI=1S/C17H16FNO5/c1-19(9-11-2-4-12(18)5-3-11)16(22)10-24-17(23)14-7-6-13(20)8-15(14)21/h2-8,20-21H,9-10H2,1H3. The van der Waals surface area contributed by atoms with Crippen molar-refractivity contribution in [3.8, 4) is 11.5 Å². The molecule has 0 aliphatic heterocycles. The van der Waals surface area contributed by atoms with Crippen molar-refractivity contribution in [3.05, 3.63) is 59.4 Å². The zero-order valence-electron chi connectivity index (χ0n) is 12.9. The van der Waals surface area contributed by atoms with E-state index in [9.17, 15) is 24.2 Å². The number of aromatic hydroxyl groups is 2. The summed E-state index contributed by atoms with van der Waals surface area (Å²) in [6.45, 7) is -0.266. The predicted molar refractivity (Wildman–Crippen MR) is 82.9 cm³/mol. The molecule has 0 aliphatic carbocycles. The molecule has 0 heterocycles. The highest BCUT2D eigenvalue weighted by atomic mass is 19.1. The van der Waals surface area contributed by atoms with Crippen LogP contribution in [0, 0.1) is 5.82 Å². The number of ether oxygens (including phenoxy) is 1. The lowest BCUT2D eigenvalue weighted by atomic mass is 10.2. The first-order valence-electron chi connectivity index (χ1n) is 7.04. The quantitative estimate of drug-likeness (QED) is 0.818. The minimum Gasteiger partial charge on any atom is -0.508 e. The second kappa shape index (κ2) is 7.45. The van der Waals surface area contributed by atoms with Crippen LogP contribution in [0.15, 0.2) is 42.5 Å². The normalized spacial score (nSPS) is 10.2. The van der Waals surface area contributed by atoms with E-state index < -0.39 is 24.2 Å². The van der Waals surface area contributed by atoms with Crippen molar-refractivity contribution in [1.82, 2.24) is 4.90 Å². The van der Waals surface area contributed by atoms with Crippen LogP contribution in [0.4, 0.5) is 4.39 Å². The molecule has 0 aromatic heterocycles. The second-order valence-corrected chi connectivity index (χ2v) is 5.15. The summed E-state index contributed by atoms with van der Waals surface area (Å²) in [4.78, 5) is 25.1. The Balaban J connectivity index is 1.89. The van der Waals surface area contributed by atoms with Crippen LogP contribution in [0.1, 0.15) is 15.9 Å². The molecule has 0 fully saturated rings. The molecule has 0 unspecified atom stereocenters. The number of phenols is 2. The van der Waals surface area contributed by atoms with Gasteiger partial charge < -0.3 is 19.8 Å². The van der Waals surface area contributed by atoms with E-state index in [1.807, 2.05) is 0 Å². The fraction of sp³-hybridized carbons (Fsp3) is 0.176. The van der Waals surface area contributed by atoms with E-state index in [1.54, 1.807) is 12.1 Å². The third kappa shape index (κ3) is 4.45. The molecule has 126 valence electrons. The first-order chi connectivity index (χ1) is 11.4. The number of esters is 1. The lowest BCUT2D eigenvalue weighted by Crippen LogP contribution is -2.30. The Kier molecular flexibility index (Phi) is 5.36. The summed E-state index contributed by atoms with van der Waals surface area (Å²) in [7, 11) is 1.53. The van der Waals surface area contributed by atoms with Gasteiger partial charge in [-0.15, -0.1) is 0 Å². The number of carbonyl (C=O) groups is 2. The van der Waals surface area contributed by atoms with Gasteiger partial charge in [-0.05, 0) is 29.8 Å². The number of rotatable bonds is 5. The third-order valence-electron chi connectivity index (χ3n) is 3.29. The van der Waals surface area contributed by atoms with Crippen LogP contribution >= 0.6 is 0 Å². The smallest absolute Gasteiger partial charge is 0.342 e. The molecular formula is C17H16FNO5. The molecule has 2 aromatic rings. The van der Waals surface area contributed by atoms with Crippen molar-refractivity contribution in [3.63, 3.8) is 0 Å². The number of benzene rings is 2. The summed E-state index contributed by atoms with van der Waals surface area (Å²) < 4.78 is 17.7. The van der Waals surface area contributed by atoms with Crippen LogP contribution in [0.5, 0.6) is 11.5 Å². The van der Waals surface area contributed by atoms with Crippen LogP contribution in [0.2, 0.25) is 0 Å². The Morgan fingerprint density at radius 1 is 1.12 bits per heavy atom. The van der Waals surface area contributed by atoms with Gasteiger partial charge in [0, 0.05) is 19.7 Å². The number of likely N-dealkylation sites (N-methyl/N-ethyl adjacent to an activating group) is 1. The molecule has 0 saturated carbocycles. The largest absolute Gasteiger partial charge is 0.508 e. The van der Waals surface area contributed by atoms with Crippen molar-refractivity contribution in [2.24, 2.45) is 0 Å². The molecule has 0 radical (unpaired) electrons. The van der Waals surface area contributed by atoms with Crippen LogP contribution in [0.3, 0.4) is 0 Å². The molecule has 7 heteroatoms. The number of hydrogen-bond donors (Lipinski definition) is 2. The van der Waals surface area contributed by atoms with E-state index in [2.05, 4.69) is 0 Å². The Labute approximate surface area is 137 Å². The van der Waals surface area contributed by atoms with Gasteiger partial charge in [0.15, 0.2) is 6.61 Å². The monoisotopic (exact) mass is 333 g/mol. The maximum Gasteiger partial charge on any atom is 0.342 e. The lowest BCUT2D eigenvalue weighted by molar-refractivity contribution is -0.133. The number of hydrogen-bond acceptors (Lipinski definition) is 5. The fourth-order valence-corrected chi connectivity index (χ4v) is 1.96. The topological polar surface area (TPSA) is 87.1 Å². The summed E-state index contributed by atoms with van der Waals surface area (Å²) in [6, 6.07) is 9.11. The van der Waals surface area contributed by atoms with Crippen LogP contribution in [-0.2, 0) is 16.1 Å². The Morgan fingerprint density at radius 2 is 1.79 bits per heavy atom. The maximum absolute atomic E-state index is 12.8. The highest BCUT2D eigenvalue weighted by molar-refractivity contribution is 5.94. The number of halogens is 1. The molecule has 2 N–H and O–H groups in total. The molecule has 0 saturated heterocycles. The fourth-order valence-electron chi connectivity index (χ4n) is 1.96. The summed E-state index contributed by atoms with van der Waals surface area (Å²) in [6.07, 6.45) is 0. The molecule has 0 spiro atoms. The van der Waals surface area contributed by atoms with Crippen LogP contribution in [-0.4, -0.2) is 40.6 Å². The Hall–Kier alpha value is -3.09. The predicted octanol–water partition coefficient (Wildman–Crippen LogP) is 2.05. The number of carbonyl (C=O) groups excluding carboxylic acids is 2. The van der Waals surface area contributed by atoms with Gasteiger partial charge in [-0.1, -0.05) is 12.1 Å². The van der Waals surface area contributed by atoms with Crippen LogP contribution in [0.25, 0.3) is 0 Å². The average Bonchev–Trinajstić information content (AvgIpc) is 2.54. The third-order valence-corrected chi connectivity index (χ3v) is 3.29. The number of amides is 1. The zero-order chi connectivity index (χ0) is 17.7. The molecule has 1 amide bonds. The SMILES string of the molecule is CN(Cc1ccc(F)cc1)C(=O)COC(=O)c1ccc(O)cc1O.